The largest absolute Gasteiger partial charge is 0.507 e. The van der Waals surface area contributed by atoms with Crippen LogP contribution in [0.15, 0.2) is 42.5 Å². The molecule has 0 atom stereocenters. The number of hydrogen-bond acceptors (Lipinski definition) is 4. The summed E-state index contributed by atoms with van der Waals surface area (Å²) in [6.45, 7) is 0. The SMILES string of the molecule is O=C(NC(=S)NNC(=O)c1ccccc1O)c1ccc(Cl)c(Cl)c1. The van der Waals surface area contributed by atoms with Crippen LogP contribution in [-0.2, 0) is 0 Å². The molecule has 0 unspecified atom stereocenters. The highest BCUT2D eigenvalue weighted by atomic mass is 35.5. The monoisotopic (exact) mass is 383 g/mol. The quantitative estimate of drug-likeness (QED) is 0.472. The zero-order valence-corrected chi connectivity index (χ0v) is 14.3. The maximum absolute atomic E-state index is 12.0. The van der Waals surface area contributed by atoms with Gasteiger partial charge in [0.05, 0.1) is 15.6 Å². The van der Waals surface area contributed by atoms with E-state index in [9.17, 15) is 14.7 Å². The molecule has 0 aliphatic heterocycles. The second-order valence-corrected chi connectivity index (χ2v) is 5.73. The third-order valence-corrected chi connectivity index (χ3v) is 3.79. The summed E-state index contributed by atoms with van der Waals surface area (Å²) in [6.07, 6.45) is 0. The highest BCUT2D eigenvalue weighted by molar-refractivity contribution is 7.80. The summed E-state index contributed by atoms with van der Waals surface area (Å²) in [5, 5.41) is 12.4. The van der Waals surface area contributed by atoms with Crippen molar-refractivity contribution in [3.05, 3.63) is 63.6 Å². The number of halogens is 2. The van der Waals surface area contributed by atoms with E-state index >= 15 is 0 Å². The molecule has 4 N–H and O–H groups in total. The average Bonchev–Trinajstić information content (AvgIpc) is 2.55. The van der Waals surface area contributed by atoms with Gasteiger partial charge in [-0.3, -0.25) is 25.8 Å². The van der Waals surface area contributed by atoms with Gasteiger partial charge in [-0.1, -0.05) is 35.3 Å². The minimum absolute atomic E-state index is 0.0589. The summed E-state index contributed by atoms with van der Waals surface area (Å²) in [5.74, 6) is -1.32. The van der Waals surface area contributed by atoms with E-state index < -0.39 is 11.8 Å². The number of benzene rings is 2. The van der Waals surface area contributed by atoms with Crippen molar-refractivity contribution in [3.8, 4) is 5.75 Å². The van der Waals surface area contributed by atoms with E-state index in [1.54, 1.807) is 12.1 Å². The maximum atomic E-state index is 12.0. The Labute approximate surface area is 152 Å². The molecule has 0 spiro atoms. The van der Waals surface area contributed by atoms with E-state index in [4.69, 9.17) is 35.4 Å². The number of para-hydroxylation sites is 1. The fraction of sp³-hybridized carbons (Fsp3) is 0. The predicted molar refractivity (Wildman–Crippen MR) is 95.2 cm³/mol. The number of amides is 2. The molecule has 0 heterocycles. The number of phenolic OH excluding ortho intramolecular Hbond substituents is 1. The van der Waals surface area contributed by atoms with Gasteiger partial charge >= 0.3 is 0 Å². The Balaban J connectivity index is 1.91. The molecule has 0 aliphatic carbocycles. The summed E-state index contributed by atoms with van der Waals surface area (Å²) in [5.41, 5.74) is 4.94. The average molecular weight is 384 g/mol. The molecular formula is C15H11Cl2N3O3S. The molecule has 6 nitrogen and oxygen atoms in total. The molecule has 0 fully saturated rings. The van der Waals surface area contributed by atoms with Crippen LogP contribution in [0.1, 0.15) is 20.7 Å². The van der Waals surface area contributed by atoms with Crippen LogP contribution in [0.25, 0.3) is 0 Å². The van der Waals surface area contributed by atoms with Gasteiger partial charge in [0.25, 0.3) is 11.8 Å². The zero-order valence-electron chi connectivity index (χ0n) is 12.0. The normalized spacial score (nSPS) is 9.92. The van der Waals surface area contributed by atoms with Gasteiger partial charge in [0.15, 0.2) is 5.11 Å². The van der Waals surface area contributed by atoms with Crippen molar-refractivity contribution in [1.29, 1.82) is 0 Å². The van der Waals surface area contributed by atoms with Crippen molar-refractivity contribution in [3.63, 3.8) is 0 Å². The highest BCUT2D eigenvalue weighted by Gasteiger charge is 2.12. The summed E-state index contributed by atoms with van der Waals surface area (Å²) in [6, 6.07) is 10.3. The van der Waals surface area contributed by atoms with Crippen molar-refractivity contribution in [2.75, 3.05) is 0 Å². The smallest absolute Gasteiger partial charge is 0.273 e. The van der Waals surface area contributed by atoms with Crippen LogP contribution in [0, 0.1) is 0 Å². The molecule has 0 saturated carbocycles. The number of nitrogens with one attached hydrogen (secondary N) is 3. The third kappa shape index (κ3) is 4.58. The van der Waals surface area contributed by atoms with E-state index in [0.717, 1.165) is 0 Å². The maximum Gasteiger partial charge on any atom is 0.273 e. The van der Waals surface area contributed by atoms with Crippen molar-refractivity contribution in [2.45, 2.75) is 0 Å². The Hall–Kier alpha value is -2.35. The number of hydrogen-bond donors (Lipinski definition) is 4. The number of thiocarbonyl (C=S) groups is 1. The lowest BCUT2D eigenvalue weighted by Gasteiger charge is -2.11. The molecule has 0 aliphatic rings. The Morgan fingerprint density at radius 2 is 1.67 bits per heavy atom. The topological polar surface area (TPSA) is 90.5 Å². The van der Waals surface area contributed by atoms with Gasteiger partial charge in [-0.15, -0.1) is 0 Å². The molecule has 24 heavy (non-hydrogen) atoms. The minimum atomic E-state index is -0.612. The van der Waals surface area contributed by atoms with Crippen molar-refractivity contribution in [2.24, 2.45) is 0 Å². The lowest BCUT2D eigenvalue weighted by molar-refractivity contribution is 0.0932. The predicted octanol–water partition coefficient (Wildman–Crippen LogP) is 2.65. The number of hydrazine groups is 1. The number of carbonyl (C=O) groups is 2. The van der Waals surface area contributed by atoms with Crippen molar-refractivity contribution in [1.82, 2.24) is 16.2 Å². The zero-order chi connectivity index (χ0) is 17.7. The molecule has 9 heteroatoms. The molecule has 2 rings (SSSR count). The van der Waals surface area contributed by atoms with Crippen LogP contribution in [0.2, 0.25) is 10.0 Å². The Bertz CT molecular complexity index is 814. The fourth-order valence-corrected chi connectivity index (χ4v) is 2.13. The van der Waals surface area contributed by atoms with Crippen LogP contribution in [0.4, 0.5) is 0 Å². The van der Waals surface area contributed by atoms with Gasteiger partial charge < -0.3 is 5.11 Å². The van der Waals surface area contributed by atoms with Crippen LogP contribution in [-0.4, -0.2) is 22.0 Å². The number of phenols is 1. The van der Waals surface area contributed by atoms with Crippen LogP contribution in [0.5, 0.6) is 5.75 Å². The second-order valence-electron chi connectivity index (χ2n) is 4.51. The lowest BCUT2D eigenvalue weighted by Crippen LogP contribution is -2.48. The molecular weight excluding hydrogens is 373 g/mol. The third-order valence-electron chi connectivity index (χ3n) is 2.85. The van der Waals surface area contributed by atoms with Gasteiger partial charge in [0.2, 0.25) is 0 Å². The molecule has 0 aromatic heterocycles. The molecule has 2 aromatic rings. The molecule has 0 bridgehead atoms. The minimum Gasteiger partial charge on any atom is -0.507 e. The van der Waals surface area contributed by atoms with Gasteiger partial charge in [-0.25, -0.2) is 0 Å². The van der Waals surface area contributed by atoms with Gasteiger partial charge in [0, 0.05) is 5.56 Å². The first-order valence-electron chi connectivity index (χ1n) is 6.53. The summed E-state index contributed by atoms with van der Waals surface area (Å²) < 4.78 is 0. The first-order valence-corrected chi connectivity index (χ1v) is 7.69. The number of rotatable bonds is 2. The van der Waals surface area contributed by atoms with Crippen LogP contribution >= 0.6 is 35.4 Å². The summed E-state index contributed by atoms with van der Waals surface area (Å²) >= 11 is 16.5. The van der Waals surface area contributed by atoms with Crippen molar-refractivity contribution >= 4 is 52.3 Å². The molecule has 0 saturated heterocycles. The van der Waals surface area contributed by atoms with E-state index in [1.165, 1.54) is 30.3 Å². The van der Waals surface area contributed by atoms with E-state index in [0.29, 0.717) is 5.02 Å². The first kappa shape index (κ1) is 18.0. The Morgan fingerprint density at radius 1 is 0.958 bits per heavy atom. The second kappa shape index (κ2) is 7.96. The molecule has 0 radical (unpaired) electrons. The first-order chi connectivity index (χ1) is 11.4. The number of aromatic hydroxyl groups is 1. The molecule has 124 valence electrons. The van der Waals surface area contributed by atoms with Gasteiger partial charge in [-0.05, 0) is 42.5 Å². The van der Waals surface area contributed by atoms with E-state index in [-0.39, 0.29) is 27.0 Å². The van der Waals surface area contributed by atoms with Gasteiger partial charge in [0.1, 0.15) is 5.75 Å². The molecule has 2 aromatic carbocycles. The van der Waals surface area contributed by atoms with E-state index in [2.05, 4.69) is 16.2 Å². The molecule has 2 amide bonds. The number of carbonyl (C=O) groups excluding carboxylic acids is 2. The standard InChI is InChI=1S/C15H11Cl2N3O3S/c16-10-6-5-8(7-11(10)17)13(22)18-15(24)20-19-14(23)9-3-1-2-4-12(9)21/h1-7,21H,(H,19,23)(H2,18,20,22,24). The van der Waals surface area contributed by atoms with Crippen molar-refractivity contribution < 1.29 is 14.7 Å². The lowest BCUT2D eigenvalue weighted by atomic mass is 10.2. The Morgan fingerprint density at radius 3 is 2.33 bits per heavy atom. The highest BCUT2D eigenvalue weighted by Crippen LogP contribution is 2.22. The van der Waals surface area contributed by atoms with Crippen LogP contribution < -0.4 is 16.2 Å². The van der Waals surface area contributed by atoms with E-state index in [1.807, 2.05) is 0 Å². The van der Waals surface area contributed by atoms with Crippen LogP contribution in [0.3, 0.4) is 0 Å². The van der Waals surface area contributed by atoms with Gasteiger partial charge in [-0.2, -0.15) is 0 Å². The fourth-order valence-electron chi connectivity index (χ4n) is 1.69. The summed E-state index contributed by atoms with van der Waals surface area (Å²) in [7, 11) is 0. The summed E-state index contributed by atoms with van der Waals surface area (Å²) in [4.78, 5) is 23.9. The Kier molecular flexibility index (Phi) is 5.97.